The molecule has 26 heavy (non-hydrogen) atoms. The Kier molecular flexibility index (Phi) is 5.97. The van der Waals surface area contributed by atoms with E-state index in [1.54, 1.807) is 6.26 Å². The zero-order valence-electron chi connectivity index (χ0n) is 14.1. The predicted octanol–water partition coefficient (Wildman–Crippen LogP) is 2.44. The largest absolute Gasteiger partial charge is 0.372 e. The van der Waals surface area contributed by atoms with Crippen molar-refractivity contribution in [3.8, 4) is 0 Å². The maximum Gasteiger partial charge on any atom is 0.306 e. The second-order valence-electron chi connectivity index (χ2n) is 5.13. The molecule has 0 atom stereocenters. The van der Waals surface area contributed by atoms with E-state index in [4.69, 9.17) is 0 Å². The Bertz CT molecular complexity index is 953. The number of benzene rings is 1. The molecule has 0 saturated carbocycles. The molecule has 1 aromatic carbocycles. The third-order valence-electron chi connectivity index (χ3n) is 3.43. The zero-order chi connectivity index (χ0) is 19.5. The Morgan fingerprint density at radius 2 is 2.08 bits per heavy atom. The number of nitrogens with zero attached hydrogens (tertiary/aromatic N) is 3. The molecule has 9 nitrogen and oxygen atoms in total. The minimum atomic E-state index is -3.86. The SMILES string of the molecule is CNc1nc(SC)ncc1S(=O)(=O)CNc1cc([N+](=O)[O-])c(F)cc1C. The third kappa shape index (κ3) is 4.19. The highest BCUT2D eigenvalue weighted by Gasteiger charge is 2.22. The van der Waals surface area contributed by atoms with Gasteiger partial charge in [0.25, 0.3) is 0 Å². The fraction of sp³-hybridized carbons (Fsp3) is 0.286. The van der Waals surface area contributed by atoms with E-state index in [1.807, 2.05) is 0 Å². The summed E-state index contributed by atoms with van der Waals surface area (Å²) in [7, 11) is -2.32. The fourth-order valence-electron chi connectivity index (χ4n) is 2.10. The summed E-state index contributed by atoms with van der Waals surface area (Å²) in [6.45, 7) is 1.51. The first-order chi connectivity index (χ1) is 12.2. The van der Waals surface area contributed by atoms with Crippen molar-refractivity contribution in [2.75, 3.05) is 29.8 Å². The lowest BCUT2D eigenvalue weighted by atomic mass is 10.1. The molecule has 2 aromatic rings. The van der Waals surface area contributed by atoms with Crippen molar-refractivity contribution < 1.29 is 17.7 Å². The first kappa shape index (κ1) is 19.8. The standard InChI is InChI=1S/C14H16FN5O4S2/c1-8-4-9(15)11(20(21)22)5-10(8)18-7-26(23,24)12-6-17-14(25-3)19-13(12)16-2/h4-6,18H,7H2,1-3H3,(H,16,17,19). The Balaban J connectivity index is 2.32. The van der Waals surface area contributed by atoms with Crippen LogP contribution in [-0.2, 0) is 9.84 Å². The molecule has 0 radical (unpaired) electrons. The number of hydrogen-bond acceptors (Lipinski definition) is 9. The van der Waals surface area contributed by atoms with Crippen molar-refractivity contribution in [3.05, 3.63) is 39.8 Å². The monoisotopic (exact) mass is 401 g/mol. The minimum absolute atomic E-state index is 0.112. The molecule has 1 aromatic heterocycles. The van der Waals surface area contributed by atoms with E-state index in [2.05, 4.69) is 20.6 Å². The van der Waals surface area contributed by atoms with E-state index < -0.39 is 32.1 Å². The summed E-state index contributed by atoms with van der Waals surface area (Å²) in [6, 6.07) is 1.94. The number of aromatic nitrogens is 2. The third-order valence-corrected chi connectivity index (χ3v) is 5.49. The molecule has 2 N–H and O–H groups in total. The second-order valence-corrected chi connectivity index (χ2v) is 7.86. The summed E-state index contributed by atoms with van der Waals surface area (Å²) in [5.74, 6) is -1.40. The van der Waals surface area contributed by atoms with Crippen LogP contribution in [0.15, 0.2) is 28.4 Å². The topological polar surface area (TPSA) is 127 Å². The molecule has 0 aliphatic heterocycles. The van der Waals surface area contributed by atoms with Crippen molar-refractivity contribution in [2.45, 2.75) is 17.0 Å². The number of hydrogen-bond donors (Lipinski definition) is 2. The predicted molar refractivity (Wildman–Crippen MR) is 96.8 cm³/mol. The lowest BCUT2D eigenvalue weighted by Gasteiger charge is -2.13. The van der Waals surface area contributed by atoms with Crippen molar-refractivity contribution in [2.24, 2.45) is 0 Å². The summed E-state index contributed by atoms with van der Waals surface area (Å²) in [6.07, 6.45) is 2.95. The first-order valence-electron chi connectivity index (χ1n) is 7.19. The van der Waals surface area contributed by atoms with Crippen LogP contribution in [0.25, 0.3) is 0 Å². The van der Waals surface area contributed by atoms with Crippen LogP contribution < -0.4 is 10.6 Å². The second kappa shape index (κ2) is 7.83. The average molecular weight is 401 g/mol. The van der Waals surface area contributed by atoms with Gasteiger partial charge in [0, 0.05) is 18.8 Å². The quantitative estimate of drug-likeness (QED) is 0.311. The molecule has 0 aliphatic rings. The molecular formula is C14H16FN5O4S2. The molecule has 0 bridgehead atoms. The molecule has 1 heterocycles. The van der Waals surface area contributed by atoms with Gasteiger partial charge >= 0.3 is 5.69 Å². The van der Waals surface area contributed by atoms with Crippen LogP contribution in [0.5, 0.6) is 0 Å². The lowest BCUT2D eigenvalue weighted by Crippen LogP contribution is -2.18. The molecule has 0 spiro atoms. The normalized spacial score (nSPS) is 11.2. The molecular weight excluding hydrogens is 385 g/mol. The van der Waals surface area contributed by atoms with Crippen LogP contribution in [0, 0.1) is 22.9 Å². The highest BCUT2D eigenvalue weighted by Crippen LogP contribution is 2.27. The lowest BCUT2D eigenvalue weighted by molar-refractivity contribution is -0.387. The number of nitro benzene ring substituents is 1. The molecule has 0 aliphatic carbocycles. The fourth-order valence-corrected chi connectivity index (χ4v) is 3.60. The molecule has 140 valence electrons. The van der Waals surface area contributed by atoms with Crippen molar-refractivity contribution >= 4 is 38.8 Å². The molecule has 0 fully saturated rings. The number of nitrogens with one attached hydrogen (secondary N) is 2. The van der Waals surface area contributed by atoms with Crippen LogP contribution in [0.3, 0.4) is 0 Å². The van der Waals surface area contributed by atoms with Gasteiger partial charge in [0.15, 0.2) is 5.16 Å². The zero-order valence-corrected chi connectivity index (χ0v) is 15.7. The Morgan fingerprint density at radius 3 is 2.65 bits per heavy atom. The van der Waals surface area contributed by atoms with Gasteiger partial charge in [-0.25, -0.2) is 18.4 Å². The number of nitro groups is 1. The average Bonchev–Trinajstić information content (AvgIpc) is 2.59. The van der Waals surface area contributed by atoms with Crippen LogP contribution in [-0.4, -0.2) is 42.5 Å². The summed E-state index contributed by atoms with van der Waals surface area (Å²) < 4.78 is 38.7. The van der Waals surface area contributed by atoms with E-state index in [1.165, 1.54) is 31.9 Å². The van der Waals surface area contributed by atoms with Gasteiger partial charge in [-0.15, -0.1) is 0 Å². The van der Waals surface area contributed by atoms with Gasteiger partial charge < -0.3 is 10.6 Å². The van der Waals surface area contributed by atoms with E-state index in [9.17, 15) is 22.9 Å². The number of thioether (sulfide) groups is 1. The van der Waals surface area contributed by atoms with E-state index in [-0.39, 0.29) is 16.4 Å². The van der Waals surface area contributed by atoms with Crippen LogP contribution in [0.2, 0.25) is 0 Å². The molecule has 0 amide bonds. The van der Waals surface area contributed by atoms with Gasteiger partial charge in [0.1, 0.15) is 16.6 Å². The number of sulfone groups is 1. The summed E-state index contributed by atoms with van der Waals surface area (Å²) in [5.41, 5.74) is -0.250. The van der Waals surface area contributed by atoms with E-state index >= 15 is 0 Å². The smallest absolute Gasteiger partial charge is 0.306 e. The maximum absolute atomic E-state index is 13.6. The Hall–Kier alpha value is -2.47. The van der Waals surface area contributed by atoms with Crippen molar-refractivity contribution in [1.29, 1.82) is 0 Å². The molecule has 0 saturated heterocycles. The van der Waals surface area contributed by atoms with E-state index in [0.29, 0.717) is 10.7 Å². The highest BCUT2D eigenvalue weighted by molar-refractivity contribution is 7.98. The molecule has 12 heteroatoms. The van der Waals surface area contributed by atoms with Gasteiger partial charge in [0.05, 0.1) is 11.1 Å². The number of aryl methyl sites for hydroxylation is 1. The van der Waals surface area contributed by atoms with Crippen molar-refractivity contribution in [3.63, 3.8) is 0 Å². The minimum Gasteiger partial charge on any atom is -0.372 e. The van der Waals surface area contributed by atoms with Crippen LogP contribution in [0.4, 0.5) is 21.6 Å². The van der Waals surface area contributed by atoms with Crippen LogP contribution >= 0.6 is 11.8 Å². The van der Waals surface area contributed by atoms with Gasteiger partial charge in [0.2, 0.25) is 15.7 Å². The summed E-state index contributed by atoms with van der Waals surface area (Å²) in [4.78, 5) is 17.9. The number of halogens is 1. The van der Waals surface area contributed by atoms with Crippen molar-refractivity contribution in [1.82, 2.24) is 9.97 Å². The van der Waals surface area contributed by atoms with Crippen LogP contribution in [0.1, 0.15) is 5.56 Å². The van der Waals surface area contributed by atoms with Gasteiger partial charge in [-0.05, 0) is 24.8 Å². The maximum atomic E-state index is 13.6. The molecule has 0 unspecified atom stereocenters. The molecule has 2 rings (SSSR count). The number of anilines is 2. The summed E-state index contributed by atoms with van der Waals surface area (Å²) >= 11 is 1.26. The highest BCUT2D eigenvalue weighted by atomic mass is 32.2. The van der Waals surface area contributed by atoms with Gasteiger partial charge in [-0.1, -0.05) is 11.8 Å². The number of rotatable bonds is 7. The first-order valence-corrected chi connectivity index (χ1v) is 10.1. The Labute approximate surface area is 153 Å². The Morgan fingerprint density at radius 1 is 1.38 bits per heavy atom. The van der Waals surface area contributed by atoms with E-state index in [0.717, 1.165) is 12.1 Å². The summed E-state index contributed by atoms with van der Waals surface area (Å²) in [5, 5.41) is 16.6. The van der Waals surface area contributed by atoms with Gasteiger partial charge in [-0.2, -0.15) is 4.39 Å². The van der Waals surface area contributed by atoms with Gasteiger partial charge in [-0.3, -0.25) is 10.1 Å².